The molecule has 0 bridgehead atoms. The van der Waals surface area contributed by atoms with E-state index in [9.17, 15) is 0 Å². The van der Waals surface area contributed by atoms with Crippen molar-refractivity contribution in [3.63, 3.8) is 0 Å². The molecule has 1 aromatic rings. The fourth-order valence-electron chi connectivity index (χ4n) is 2.22. The Morgan fingerprint density at radius 2 is 2.00 bits per heavy atom. The smallest absolute Gasteiger partial charge is 0.172 e. The van der Waals surface area contributed by atoms with Crippen LogP contribution in [0.5, 0.6) is 0 Å². The standard InChI is InChI=1S/C13H17Cl2N3S/c1-8-10(14)7-16-12(11(8)15)18-13(19)17-9-5-3-2-4-6-9/h7,9H,2-6H2,1H3,(H2,16,17,18,19). The Morgan fingerprint density at radius 3 is 2.68 bits per heavy atom. The van der Waals surface area contributed by atoms with Crippen LogP contribution in [-0.4, -0.2) is 16.1 Å². The second kappa shape index (κ2) is 6.73. The lowest BCUT2D eigenvalue weighted by Gasteiger charge is -2.24. The molecule has 0 aliphatic heterocycles. The lowest BCUT2D eigenvalue weighted by molar-refractivity contribution is 0.415. The van der Waals surface area contributed by atoms with Gasteiger partial charge in [0, 0.05) is 12.2 Å². The van der Waals surface area contributed by atoms with Crippen molar-refractivity contribution >= 4 is 46.4 Å². The molecular formula is C13H17Cl2N3S. The first-order valence-electron chi connectivity index (χ1n) is 6.46. The summed E-state index contributed by atoms with van der Waals surface area (Å²) in [5.74, 6) is 0.553. The lowest BCUT2D eigenvalue weighted by atomic mass is 9.96. The highest BCUT2D eigenvalue weighted by Gasteiger charge is 2.15. The molecule has 1 aromatic heterocycles. The summed E-state index contributed by atoms with van der Waals surface area (Å²) >= 11 is 17.4. The maximum absolute atomic E-state index is 6.19. The summed E-state index contributed by atoms with van der Waals surface area (Å²) in [6.45, 7) is 1.86. The quantitative estimate of drug-likeness (QED) is 0.797. The van der Waals surface area contributed by atoms with E-state index >= 15 is 0 Å². The summed E-state index contributed by atoms with van der Waals surface area (Å²) in [7, 11) is 0. The van der Waals surface area contributed by atoms with E-state index in [1.165, 1.54) is 32.1 Å². The maximum atomic E-state index is 6.19. The SMILES string of the molecule is Cc1c(Cl)cnc(NC(=S)NC2CCCCC2)c1Cl. The Hall–Kier alpha value is -0.580. The number of thiocarbonyl (C=S) groups is 1. The van der Waals surface area contributed by atoms with Crippen LogP contribution in [0.15, 0.2) is 6.20 Å². The number of aromatic nitrogens is 1. The minimum atomic E-state index is 0.459. The van der Waals surface area contributed by atoms with E-state index < -0.39 is 0 Å². The molecule has 1 aliphatic rings. The lowest BCUT2D eigenvalue weighted by Crippen LogP contribution is -2.39. The van der Waals surface area contributed by atoms with Gasteiger partial charge in [-0.15, -0.1) is 0 Å². The Balaban J connectivity index is 1.97. The van der Waals surface area contributed by atoms with E-state index in [0.717, 1.165) is 5.56 Å². The van der Waals surface area contributed by atoms with Crippen LogP contribution < -0.4 is 10.6 Å². The summed E-state index contributed by atoms with van der Waals surface area (Å²) in [6, 6.07) is 0.459. The monoisotopic (exact) mass is 317 g/mol. The molecule has 6 heteroatoms. The number of pyridine rings is 1. The van der Waals surface area contributed by atoms with Gasteiger partial charge in [0.25, 0.3) is 0 Å². The van der Waals surface area contributed by atoms with Crippen LogP contribution in [0.25, 0.3) is 0 Å². The van der Waals surface area contributed by atoms with Gasteiger partial charge >= 0.3 is 0 Å². The Kier molecular flexibility index (Phi) is 5.25. The molecule has 0 atom stereocenters. The van der Waals surface area contributed by atoms with Crippen molar-refractivity contribution in [2.24, 2.45) is 0 Å². The Morgan fingerprint density at radius 1 is 1.32 bits per heavy atom. The summed E-state index contributed by atoms with van der Waals surface area (Å²) in [5.41, 5.74) is 0.807. The predicted molar refractivity (Wildman–Crippen MR) is 85.2 cm³/mol. The fourth-order valence-corrected chi connectivity index (χ4v) is 2.87. The van der Waals surface area contributed by atoms with Gasteiger partial charge in [-0.05, 0) is 37.5 Å². The van der Waals surface area contributed by atoms with E-state index in [2.05, 4.69) is 15.6 Å². The zero-order valence-corrected chi connectivity index (χ0v) is 13.1. The third-order valence-corrected chi connectivity index (χ3v) is 4.44. The average Bonchev–Trinajstić information content (AvgIpc) is 2.41. The van der Waals surface area contributed by atoms with Gasteiger partial charge < -0.3 is 10.6 Å². The van der Waals surface area contributed by atoms with Crippen molar-refractivity contribution in [1.82, 2.24) is 10.3 Å². The van der Waals surface area contributed by atoms with Gasteiger partial charge in [0.1, 0.15) is 0 Å². The van der Waals surface area contributed by atoms with E-state index in [-0.39, 0.29) is 0 Å². The molecule has 0 amide bonds. The number of anilines is 1. The molecule has 2 rings (SSSR count). The first-order valence-corrected chi connectivity index (χ1v) is 7.62. The van der Waals surface area contributed by atoms with Crippen LogP contribution in [0.2, 0.25) is 10.0 Å². The summed E-state index contributed by atoms with van der Waals surface area (Å²) in [4.78, 5) is 4.17. The van der Waals surface area contributed by atoms with E-state index in [1.807, 2.05) is 6.92 Å². The molecule has 2 N–H and O–H groups in total. The second-order valence-corrected chi connectivity index (χ2v) is 6.02. The highest BCUT2D eigenvalue weighted by Crippen LogP contribution is 2.28. The third kappa shape index (κ3) is 3.94. The second-order valence-electron chi connectivity index (χ2n) is 4.83. The molecule has 0 aromatic carbocycles. The summed E-state index contributed by atoms with van der Waals surface area (Å²) in [6.07, 6.45) is 7.76. The Labute approximate surface area is 129 Å². The van der Waals surface area contributed by atoms with E-state index in [1.54, 1.807) is 6.20 Å². The van der Waals surface area contributed by atoms with Gasteiger partial charge in [0.15, 0.2) is 10.9 Å². The maximum Gasteiger partial charge on any atom is 0.172 e. The molecule has 1 saturated carbocycles. The highest BCUT2D eigenvalue weighted by atomic mass is 35.5. The van der Waals surface area contributed by atoms with Crippen LogP contribution in [0, 0.1) is 6.92 Å². The fraction of sp³-hybridized carbons (Fsp3) is 0.538. The van der Waals surface area contributed by atoms with Crippen LogP contribution >= 0.6 is 35.4 Å². The third-order valence-electron chi connectivity index (χ3n) is 3.37. The number of rotatable bonds is 2. The molecule has 3 nitrogen and oxygen atoms in total. The molecule has 0 spiro atoms. The minimum absolute atomic E-state index is 0.459. The van der Waals surface area contributed by atoms with Crippen molar-refractivity contribution in [2.75, 3.05) is 5.32 Å². The zero-order chi connectivity index (χ0) is 13.8. The van der Waals surface area contributed by atoms with Gasteiger partial charge in [0.2, 0.25) is 0 Å². The molecule has 0 saturated heterocycles. The molecular weight excluding hydrogens is 301 g/mol. The van der Waals surface area contributed by atoms with Crippen LogP contribution in [0.3, 0.4) is 0 Å². The number of nitrogens with zero attached hydrogens (tertiary/aromatic N) is 1. The molecule has 1 heterocycles. The van der Waals surface area contributed by atoms with Gasteiger partial charge in [-0.2, -0.15) is 0 Å². The predicted octanol–water partition coefficient (Wildman–Crippen LogP) is 4.32. The number of hydrogen-bond acceptors (Lipinski definition) is 2. The highest BCUT2D eigenvalue weighted by molar-refractivity contribution is 7.80. The normalized spacial score (nSPS) is 16.2. The average molecular weight is 318 g/mol. The van der Waals surface area contributed by atoms with E-state index in [4.69, 9.17) is 35.4 Å². The zero-order valence-electron chi connectivity index (χ0n) is 10.8. The van der Waals surface area contributed by atoms with Crippen molar-refractivity contribution in [3.05, 3.63) is 21.8 Å². The summed E-state index contributed by atoms with van der Waals surface area (Å²) < 4.78 is 0. The molecule has 0 unspecified atom stereocenters. The van der Waals surface area contributed by atoms with Crippen molar-refractivity contribution in [1.29, 1.82) is 0 Å². The molecule has 1 fully saturated rings. The first kappa shape index (κ1) is 14.8. The molecule has 19 heavy (non-hydrogen) atoms. The number of hydrogen-bond donors (Lipinski definition) is 2. The molecule has 1 aliphatic carbocycles. The van der Waals surface area contributed by atoms with E-state index in [0.29, 0.717) is 27.0 Å². The van der Waals surface area contributed by atoms with Crippen LogP contribution in [-0.2, 0) is 0 Å². The number of halogens is 2. The van der Waals surface area contributed by atoms with Crippen molar-refractivity contribution in [3.8, 4) is 0 Å². The van der Waals surface area contributed by atoms with Gasteiger partial charge in [-0.3, -0.25) is 0 Å². The largest absolute Gasteiger partial charge is 0.360 e. The first-order chi connectivity index (χ1) is 9.08. The van der Waals surface area contributed by atoms with Crippen LogP contribution in [0.1, 0.15) is 37.7 Å². The summed E-state index contributed by atoms with van der Waals surface area (Å²) in [5, 5.41) is 8.01. The molecule has 0 radical (unpaired) electrons. The minimum Gasteiger partial charge on any atom is -0.360 e. The molecule has 104 valence electrons. The van der Waals surface area contributed by atoms with Gasteiger partial charge in [-0.1, -0.05) is 42.5 Å². The van der Waals surface area contributed by atoms with Crippen molar-refractivity contribution < 1.29 is 0 Å². The number of nitrogens with one attached hydrogen (secondary N) is 2. The van der Waals surface area contributed by atoms with Crippen molar-refractivity contribution in [2.45, 2.75) is 45.1 Å². The Bertz CT molecular complexity index is 473. The topological polar surface area (TPSA) is 37.0 Å². The van der Waals surface area contributed by atoms with Gasteiger partial charge in [-0.25, -0.2) is 4.98 Å². The van der Waals surface area contributed by atoms with Crippen LogP contribution in [0.4, 0.5) is 5.82 Å². The van der Waals surface area contributed by atoms with Gasteiger partial charge in [0.05, 0.1) is 10.0 Å².